The van der Waals surface area contributed by atoms with Gasteiger partial charge in [-0.15, -0.1) is 0 Å². The molecular weight excluding hydrogens is 346 g/mol. The Bertz CT molecular complexity index is 890. The summed E-state index contributed by atoms with van der Waals surface area (Å²) in [5.74, 6) is 1.34. The molecule has 0 radical (unpaired) electrons. The Balaban J connectivity index is 1.65. The molecule has 0 aliphatic heterocycles. The minimum atomic E-state index is 0.424. The predicted octanol–water partition coefficient (Wildman–Crippen LogP) is 4.18. The maximum atomic E-state index is 6.19. The number of hydrogen-bond donors (Lipinski definition) is 2. The van der Waals surface area contributed by atoms with Crippen LogP contribution in [0.4, 0.5) is 5.69 Å². The highest BCUT2D eigenvalue weighted by Gasteiger charge is 2.08. The van der Waals surface area contributed by atoms with E-state index in [9.17, 15) is 0 Å². The predicted molar refractivity (Wildman–Crippen MR) is 117 cm³/mol. The Kier molecular flexibility index (Phi) is 6.84. The van der Waals surface area contributed by atoms with Gasteiger partial charge in [0.05, 0.1) is 0 Å². The summed E-state index contributed by atoms with van der Waals surface area (Å²) in [7, 11) is 0. The van der Waals surface area contributed by atoms with Crippen LogP contribution < -0.4 is 11.1 Å². The first-order valence-electron chi connectivity index (χ1n) is 9.92. The molecule has 0 aliphatic rings. The van der Waals surface area contributed by atoms with Gasteiger partial charge in [-0.3, -0.25) is 0 Å². The molecule has 1 aromatic heterocycles. The first-order valence-corrected chi connectivity index (χ1v) is 9.92. The topological polar surface area (TPSA) is 68.2 Å². The number of aromatic nitrogens is 2. The van der Waals surface area contributed by atoms with Gasteiger partial charge in [0, 0.05) is 24.6 Å². The van der Waals surface area contributed by atoms with Crippen molar-refractivity contribution in [3.8, 4) is 0 Å². The molecule has 0 saturated carbocycles. The summed E-state index contributed by atoms with van der Waals surface area (Å²) < 4.78 is 2.14. The summed E-state index contributed by atoms with van der Waals surface area (Å²) in [6.45, 7) is 5.63. The minimum absolute atomic E-state index is 0.424. The molecule has 3 N–H and O–H groups in total. The number of nitrogens with one attached hydrogen (secondary N) is 1. The second-order valence-corrected chi connectivity index (χ2v) is 6.76. The lowest BCUT2D eigenvalue weighted by molar-refractivity contribution is 0.652. The minimum Gasteiger partial charge on any atom is -0.370 e. The number of para-hydroxylation sites is 1. The lowest BCUT2D eigenvalue weighted by atomic mass is 10.0. The van der Waals surface area contributed by atoms with Gasteiger partial charge in [-0.05, 0) is 36.0 Å². The van der Waals surface area contributed by atoms with E-state index in [1.807, 2.05) is 18.5 Å². The van der Waals surface area contributed by atoms with Crippen molar-refractivity contribution in [2.75, 3.05) is 5.32 Å². The van der Waals surface area contributed by atoms with Crippen molar-refractivity contribution in [2.45, 2.75) is 46.2 Å². The van der Waals surface area contributed by atoms with Gasteiger partial charge in [0.15, 0.2) is 5.96 Å². The number of nitrogens with zero attached hydrogens (tertiary/aromatic N) is 3. The van der Waals surface area contributed by atoms with Gasteiger partial charge in [-0.2, -0.15) is 0 Å². The molecule has 0 spiro atoms. The molecule has 28 heavy (non-hydrogen) atoms. The summed E-state index contributed by atoms with van der Waals surface area (Å²) in [5.41, 5.74) is 11.1. The van der Waals surface area contributed by atoms with Gasteiger partial charge in [0.1, 0.15) is 12.4 Å². The van der Waals surface area contributed by atoms with E-state index in [1.165, 1.54) is 16.7 Å². The molecule has 0 aliphatic carbocycles. The molecule has 2 aromatic carbocycles. The number of imidazole rings is 1. The molecule has 3 rings (SSSR count). The molecule has 0 unspecified atom stereocenters. The highest BCUT2D eigenvalue weighted by Crippen LogP contribution is 2.22. The number of nitrogens with two attached hydrogens (primary N) is 1. The van der Waals surface area contributed by atoms with Crippen molar-refractivity contribution < 1.29 is 0 Å². The normalized spacial score (nSPS) is 11.6. The van der Waals surface area contributed by atoms with Gasteiger partial charge in [0.2, 0.25) is 0 Å². The zero-order valence-corrected chi connectivity index (χ0v) is 16.7. The van der Waals surface area contributed by atoms with Crippen molar-refractivity contribution in [3.63, 3.8) is 0 Å². The van der Waals surface area contributed by atoms with E-state index in [1.54, 1.807) is 0 Å². The second-order valence-electron chi connectivity index (χ2n) is 6.76. The highest BCUT2D eigenvalue weighted by atomic mass is 15.1. The summed E-state index contributed by atoms with van der Waals surface area (Å²) in [4.78, 5) is 8.98. The van der Waals surface area contributed by atoms with Crippen LogP contribution in [0.25, 0.3) is 0 Å². The quantitative estimate of drug-likeness (QED) is 0.458. The Hall–Kier alpha value is -3.08. The van der Waals surface area contributed by atoms with Gasteiger partial charge in [-0.1, -0.05) is 62.4 Å². The van der Waals surface area contributed by atoms with Gasteiger partial charge in [-0.25, -0.2) is 9.98 Å². The maximum absolute atomic E-state index is 6.19. The van der Waals surface area contributed by atoms with Crippen LogP contribution in [-0.4, -0.2) is 15.5 Å². The van der Waals surface area contributed by atoms with Crippen LogP contribution in [0.5, 0.6) is 0 Å². The third-order valence-electron chi connectivity index (χ3n) is 4.93. The third kappa shape index (κ3) is 5.00. The fraction of sp³-hybridized carbons (Fsp3) is 0.304. The Labute approximate surface area is 167 Å². The second kappa shape index (κ2) is 9.74. The molecule has 1 heterocycles. The number of benzene rings is 2. The molecular formula is C23H29N5. The monoisotopic (exact) mass is 375 g/mol. The van der Waals surface area contributed by atoms with Gasteiger partial charge < -0.3 is 15.6 Å². The van der Waals surface area contributed by atoms with Crippen molar-refractivity contribution in [3.05, 3.63) is 83.4 Å². The van der Waals surface area contributed by atoms with Crippen molar-refractivity contribution in [1.82, 2.24) is 9.55 Å². The molecule has 0 fully saturated rings. The fourth-order valence-electron chi connectivity index (χ4n) is 3.32. The lowest BCUT2D eigenvalue weighted by Gasteiger charge is -2.15. The molecule has 5 heteroatoms. The van der Waals surface area contributed by atoms with E-state index >= 15 is 0 Å². The molecule has 146 valence electrons. The number of hydrogen-bond acceptors (Lipinski definition) is 2. The fourth-order valence-corrected chi connectivity index (χ4v) is 3.32. The SMILES string of the molecule is CCc1cccc(CC)c1NC(N)=NCc1nccn1CCc1ccccc1. The van der Waals surface area contributed by atoms with E-state index in [0.29, 0.717) is 12.5 Å². The van der Waals surface area contributed by atoms with Crippen LogP contribution in [0, 0.1) is 0 Å². The zero-order chi connectivity index (χ0) is 19.8. The first-order chi connectivity index (χ1) is 13.7. The van der Waals surface area contributed by atoms with E-state index in [4.69, 9.17) is 5.73 Å². The average molecular weight is 376 g/mol. The third-order valence-corrected chi connectivity index (χ3v) is 4.93. The lowest BCUT2D eigenvalue weighted by Crippen LogP contribution is -2.24. The number of aryl methyl sites for hydroxylation is 4. The number of guanidine groups is 1. The number of rotatable bonds is 8. The van der Waals surface area contributed by atoms with Crippen molar-refractivity contribution in [2.24, 2.45) is 10.7 Å². The smallest absolute Gasteiger partial charge is 0.193 e. The van der Waals surface area contributed by atoms with Gasteiger partial charge >= 0.3 is 0 Å². The summed E-state index contributed by atoms with van der Waals surface area (Å²) >= 11 is 0. The molecule has 3 aromatic rings. The van der Waals surface area contributed by atoms with Crippen LogP contribution >= 0.6 is 0 Å². The van der Waals surface area contributed by atoms with Crippen LogP contribution in [0.3, 0.4) is 0 Å². The van der Waals surface area contributed by atoms with Crippen LogP contribution in [0.15, 0.2) is 65.9 Å². The van der Waals surface area contributed by atoms with Crippen molar-refractivity contribution >= 4 is 11.6 Å². The largest absolute Gasteiger partial charge is 0.370 e. The Morgan fingerprint density at radius 1 is 1.04 bits per heavy atom. The van der Waals surface area contributed by atoms with E-state index in [-0.39, 0.29) is 0 Å². The number of anilines is 1. The average Bonchev–Trinajstić information content (AvgIpc) is 3.19. The van der Waals surface area contributed by atoms with Crippen LogP contribution in [0.1, 0.15) is 36.4 Å². The molecule has 0 saturated heterocycles. The van der Waals surface area contributed by atoms with Gasteiger partial charge in [0.25, 0.3) is 0 Å². The molecule has 0 atom stereocenters. The molecule has 0 bridgehead atoms. The Morgan fingerprint density at radius 2 is 1.75 bits per heavy atom. The van der Waals surface area contributed by atoms with E-state index in [2.05, 4.69) is 76.2 Å². The Morgan fingerprint density at radius 3 is 2.43 bits per heavy atom. The van der Waals surface area contributed by atoms with Crippen LogP contribution in [0.2, 0.25) is 0 Å². The first kappa shape index (κ1) is 19.7. The van der Waals surface area contributed by atoms with E-state index in [0.717, 1.165) is 37.3 Å². The van der Waals surface area contributed by atoms with Crippen LogP contribution in [-0.2, 0) is 32.4 Å². The summed E-state index contributed by atoms with van der Waals surface area (Å²) in [5, 5.41) is 3.31. The maximum Gasteiger partial charge on any atom is 0.193 e. The molecule has 0 amide bonds. The van der Waals surface area contributed by atoms with E-state index < -0.39 is 0 Å². The number of aliphatic imine (C=N–C) groups is 1. The zero-order valence-electron chi connectivity index (χ0n) is 16.7. The summed E-state index contributed by atoms with van der Waals surface area (Å²) in [6.07, 6.45) is 6.69. The standard InChI is InChI=1S/C23H29N5/c1-3-19-11-8-12-20(4-2)22(19)27-23(24)26-17-21-25-14-16-28(21)15-13-18-9-6-5-7-10-18/h5-12,14,16H,3-4,13,15,17H2,1-2H3,(H3,24,26,27). The van der Waals surface area contributed by atoms with Crippen molar-refractivity contribution in [1.29, 1.82) is 0 Å². The highest BCUT2D eigenvalue weighted by molar-refractivity contribution is 5.93. The summed E-state index contributed by atoms with van der Waals surface area (Å²) in [6, 6.07) is 16.8. The molecule has 5 nitrogen and oxygen atoms in total.